The van der Waals surface area contributed by atoms with Crippen molar-refractivity contribution >= 4 is 5.91 Å². The SMILES string of the molecule is O=C(N[C@H]1CC[C@@H]1O)c1noc2c1CCc1ccccc1-2. The zero-order valence-electron chi connectivity index (χ0n) is 11.5. The second-order valence-corrected chi connectivity index (χ2v) is 5.72. The minimum atomic E-state index is -0.433. The van der Waals surface area contributed by atoms with Crippen LogP contribution in [0.3, 0.4) is 0 Å². The summed E-state index contributed by atoms with van der Waals surface area (Å²) in [5, 5.41) is 16.4. The summed E-state index contributed by atoms with van der Waals surface area (Å²) < 4.78 is 5.42. The van der Waals surface area contributed by atoms with E-state index in [0.29, 0.717) is 11.5 Å². The molecular weight excluding hydrogens is 268 g/mol. The number of hydrogen-bond acceptors (Lipinski definition) is 4. The van der Waals surface area contributed by atoms with E-state index in [4.69, 9.17) is 4.52 Å². The van der Waals surface area contributed by atoms with Crippen molar-refractivity contribution in [2.45, 2.75) is 37.8 Å². The molecular formula is C16H16N2O3. The molecule has 1 saturated carbocycles. The number of carbonyl (C=O) groups is 1. The fraction of sp³-hybridized carbons (Fsp3) is 0.375. The van der Waals surface area contributed by atoms with Crippen molar-refractivity contribution in [2.24, 2.45) is 0 Å². The monoisotopic (exact) mass is 284 g/mol. The maximum atomic E-state index is 12.3. The first-order valence-electron chi connectivity index (χ1n) is 7.30. The van der Waals surface area contributed by atoms with Gasteiger partial charge in [0.2, 0.25) is 0 Å². The molecule has 5 nitrogen and oxygen atoms in total. The average Bonchev–Trinajstić information content (AvgIpc) is 2.95. The lowest BCUT2D eigenvalue weighted by Gasteiger charge is -2.32. The average molecular weight is 284 g/mol. The minimum Gasteiger partial charge on any atom is -0.391 e. The molecule has 1 fully saturated rings. The smallest absolute Gasteiger partial charge is 0.274 e. The molecule has 2 atom stereocenters. The summed E-state index contributed by atoms with van der Waals surface area (Å²) in [5.41, 5.74) is 3.48. The highest BCUT2D eigenvalue weighted by atomic mass is 16.5. The van der Waals surface area contributed by atoms with Gasteiger partial charge in [0.15, 0.2) is 11.5 Å². The van der Waals surface area contributed by atoms with E-state index in [0.717, 1.165) is 36.8 Å². The van der Waals surface area contributed by atoms with Crippen LogP contribution in [0.15, 0.2) is 28.8 Å². The zero-order chi connectivity index (χ0) is 14.4. The Balaban J connectivity index is 1.65. The van der Waals surface area contributed by atoms with E-state index in [1.165, 1.54) is 5.56 Å². The highest BCUT2D eigenvalue weighted by Gasteiger charge is 2.33. The molecule has 0 bridgehead atoms. The molecule has 0 saturated heterocycles. The van der Waals surface area contributed by atoms with Gasteiger partial charge in [-0.1, -0.05) is 29.4 Å². The summed E-state index contributed by atoms with van der Waals surface area (Å²) in [6, 6.07) is 7.88. The van der Waals surface area contributed by atoms with Crippen molar-refractivity contribution in [1.82, 2.24) is 10.5 Å². The maximum Gasteiger partial charge on any atom is 0.274 e. The van der Waals surface area contributed by atoms with Gasteiger partial charge >= 0.3 is 0 Å². The molecule has 2 aliphatic rings. The number of nitrogens with zero attached hydrogens (tertiary/aromatic N) is 1. The first-order chi connectivity index (χ1) is 10.2. The molecule has 108 valence electrons. The Hall–Kier alpha value is -2.14. The van der Waals surface area contributed by atoms with Crippen molar-refractivity contribution < 1.29 is 14.4 Å². The largest absolute Gasteiger partial charge is 0.391 e. The van der Waals surface area contributed by atoms with Crippen molar-refractivity contribution in [3.63, 3.8) is 0 Å². The van der Waals surface area contributed by atoms with Crippen LogP contribution in [0.4, 0.5) is 0 Å². The number of fused-ring (bicyclic) bond motifs is 3. The number of aryl methyl sites for hydroxylation is 1. The van der Waals surface area contributed by atoms with Crippen LogP contribution >= 0.6 is 0 Å². The second kappa shape index (κ2) is 4.70. The van der Waals surface area contributed by atoms with Crippen molar-refractivity contribution in [2.75, 3.05) is 0 Å². The molecule has 1 aromatic carbocycles. The van der Waals surface area contributed by atoms with Crippen LogP contribution in [0.5, 0.6) is 0 Å². The molecule has 0 radical (unpaired) electrons. The number of carbonyl (C=O) groups excluding carboxylic acids is 1. The second-order valence-electron chi connectivity index (χ2n) is 5.72. The predicted molar refractivity (Wildman–Crippen MR) is 75.8 cm³/mol. The number of benzene rings is 1. The zero-order valence-corrected chi connectivity index (χ0v) is 11.5. The number of hydrogen-bond donors (Lipinski definition) is 2. The lowest BCUT2D eigenvalue weighted by atomic mass is 9.88. The molecule has 1 amide bonds. The Morgan fingerprint density at radius 3 is 2.90 bits per heavy atom. The van der Waals surface area contributed by atoms with Crippen LogP contribution in [0, 0.1) is 0 Å². The summed E-state index contributed by atoms with van der Waals surface area (Å²) >= 11 is 0. The van der Waals surface area contributed by atoms with Gasteiger partial charge in [0.1, 0.15) is 0 Å². The van der Waals surface area contributed by atoms with Crippen molar-refractivity contribution in [3.05, 3.63) is 41.1 Å². The Morgan fingerprint density at radius 2 is 2.14 bits per heavy atom. The highest BCUT2D eigenvalue weighted by Crippen LogP contribution is 2.35. The maximum absolute atomic E-state index is 12.3. The summed E-state index contributed by atoms with van der Waals surface area (Å²) in [7, 11) is 0. The fourth-order valence-electron chi connectivity index (χ4n) is 3.04. The molecule has 0 spiro atoms. The van der Waals surface area contributed by atoms with Crippen LogP contribution in [0.2, 0.25) is 0 Å². The minimum absolute atomic E-state index is 0.152. The van der Waals surface area contributed by atoms with Crippen molar-refractivity contribution in [1.29, 1.82) is 0 Å². The van der Waals surface area contributed by atoms with Gasteiger partial charge in [-0.15, -0.1) is 0 Å². The van der Waals surface area contributed by atoms with Gasteiger partial charge in [-0.3, -0.25) is 4.79 Å². The molecule has 1 heterocycles. The van der Waals surface area contributed by atoms with Gasteiger partial charge in [-0.05, 0) is 31.2 Å². The van der Waals surface area contributed by atoms with E-state index in [1.807, 2.05) is 18.2 Å². The van der Waals surface area contributed by atoms with Crippen LogP contribution in [-0.2, 0) is 12.8 Å². The van der Waals surface area contributed by atoms with E-state index in [-0.39, 0.29) is 11.9 Å². The Morgan fingerprint density at radius 1 is 1.29 bits per heavy atom. The molecule has 4 rings (SSSR count). The van der Waals surface area contributed by atoms with E-state index in [2.05, 4.69) is 16.5 Å². The van der Waals surface area contributed by atoms with Gasteiger partial charge in [-0.25, -0.2) is 0 Å². The standard InChI is InChI=1S/C16H16N2O3/c19-13-8-7-12(13)17-16(20)14-11-6-5-9-3-1-2-4-10(9)15(11)21-18-14/h1-4,12-13,19H,5-8H2,(H,17,20)/t12-,13-/m0/s1. The summed E-state index contributed by atoms with van der Waals surface area (Å²) in [6.45, 7) is 0. The topological polar surface area (TPSA) is 75.4 Å². The number of aliphatic hydroxyl groups is 1. The first kappa shape index (κ1) is 12.6. The molecule has 2 aromatic rings. The molecule has 1 aromatic heterocycles. The number of aliphatic hydroxyl groups excluding tert-OH is 1. The number of aromatic nitrogens is 1. The van der Waals surface area contributed by atoms with E-state index >= 15 is 0 Å². The normalized spacial score (nSPS) is 22.9. The Bertz CT molecular complexity index is 707. The van der Waals surface area contributed by atoms with Crippen LogP contribution in [0.25, 0.3) is 11.3 Å². The lowest BCUT2D eigenvalue weighted by molar-refractivity contribution is 0.0444. The number of rotatable bonds is 2. The van der Waals surface area contributed by atoms with Crippen LogP contribution in [-0.4, -0.2) is 28.3 Å². The molecule has 5 heteroatoms. The molecule has 2 aliphatic carbocycles. The van der Waals surface area contributed by atoms with Gasteiger partial charge in [0.05, 0.1) is 12.1 Å². The van der Waals surface area contributed by atoms with Gasteiger partial charge in [-0.2, -0.15) is 0 Å². The number of nitrogens with one attached hydrogen (secondary N) is 1. The number of amides is 1. The molecule has 0 aliphatic heterocycles. The van der Waals surface area contributed by atoms with Crippen LogP contribution < -0.4 is 5.32 Å². The van der Waals surface area contributed by atoms with E-state index in [1.54, 1.807) is 0 Å². The molecule has 21 heavy (non-hydrogen) atoms. The predicted octanol–water partition coefficient (Wildman–Crippen LogP) is 1.69. The lowest BCUT2D eigenvalue weighted by Crippen LogP contribution is -2.50. The quantitative estimate of drug-likeness (QED) is 0.880. The third kappa shape index (κ3) is 1.96. The summed E-state index contributed by atoms with van der Waals surface area (Å²) in [4.78, 5) is 12.3. The van der Waals surface area contributed by atoms with Gasteiger partial charge in [0.25, 0.3) is 5.91 Å². The molecule has 0 unspecified atom stereocenters. The first-order valence-corrected chi connectivity index (χ1v) is 7.30. The Labute approximate surface area is 122 Å². The summed E-state index contributed by atoms with van der Waals surface area (Å²) in [6.07, 6.45) is 2.77. The third-order valence-corrected chi connectivity index (χ3v) is 4.46. The fourth-order valence-corrected chi connectivity index (χ4v) is 3.04. The third-order valence-electron chi connectivity index (χ3n) is 4.46. The van der Waals surface area contributed by atoms with E-state index < -0.39 is 6.10 Å². The van der Waals surface area contributed by atoms with Crippen LogP contribution in [0.1, 0.15) is 34.5 Å². The molecule has 2 N–H and O–H groups in total. The van der Waals surface area contributed by atoms with E-state index in [9.17, 15) is 9.90 Å². The van der Waals surface area contributed by atoms with Gasteiger partial charge < -0.3 is 14.9 Å². The van der Waals surface area contributed by atoms with Crippen molar-refractivity contribution in [3.8, 4) is 11.3 Å². The highest BCUT2D eigenvalue weighted by molar-refractivity contribution is 5.95. The van der Waals surface area contributed by atoms with Gasteiger partial charge in [0, 0.05) is 11.1 Å². The Kier molecular flexibility index (Phi) is 2.82. The summed E-state index contributed by atoms with van der Waals surface area (Å²) in [5.74, 6) is 0.458.